The van der Waals surface area contributed by atoms with Crippen molar-refractivity contribution < 1.29 is 4.79 Å². The van der Waals surface area contributed by atoms with E-state index in [1.54, 1.807) is 6.08 Å². The van der Waals surface area contributed by atoms with E-state index in [9.17, 15) is 4.79 Å². The van der Waals surface area contributed by atoms with Crippen LogP contribution in [0.25, 0.3) is 6.08 Å². The predicted molar refractivity (Wildman–Crippen MR) is 72.2 cm³/mol. The Kier molecular flexibility index (Phi) is 4.62. The van der Waals surface area contributed by atoms with Crippen molar-refractivity contribution in [1.29, 1.82) is 0 Å². The zero-order valence-corrected chi connectivity index (χ0v) is 10.6. The minimum Gasteiger partial charge on any atom is -0.211 e. The number of hydrogen-bond donors (Lipinski definition) is 0. The van der Waals surface area contributed by atoms with E-state index in [1.807, 2.05) is 32.9 Å². The molecule has 0 amide bonds. The number of carbonyl (C=O) groups excluding carboxylic acids is 1. The predicted octanol–water partition coefficient (Wildman–Crippen LogP) is 4.25. The van der Waals surface area contributed by atoms with E-state index in [0.29, 0.717) is 5.69 Å². The third kappa shape index (κ3) is 3.54. The number of isocyanates is 1. The van der Waals surface area contributed by atoms with Gasteiger partial charge in [0.2, 0.25) is 6.08 Å². The average Bonchev–Trinajstić information content (AvgIpc) is 2.28. The number of allylic oxidation sites excluding steroid dienone is 2. The van der Waals surface area contributed by atoms with Crippen LogP contribution >= 0.6 is 0 Å². The summed E-state index contributed by atoms with van der Waals surface area (Å²) in [5.74, 6) is 0. The van der Waals surface area contributed by atoms with Gasteiger partial charge >= 0.3 is 0 Å². The van der Waals surface area contributed by atoms with Gasteiger partial charge in [0.25, 0.3) is 0 Å². The Morgan fingerprint density at radius 1 is 1.41 bits per heavy atom. The van der Waals surface area contributed by atoms with Gasteiger partial charge in [-0.1, -0.05) is 30.4 Å². The fourth-order valence-corrected chi connectivity index (χ4v) is 1.57. The molecular weight excluding hydrogens is 210 g/mol. The normalized spacial score (nSPS) is 10.3. The van der Waals surface area contributed by atoms with Crippen LogP contribution in [0.1, 0.15) is 30.0 Å². The molecule has 0 bridgehead atoms. The summed E-state index contributed by atoms with van der Waals surface area (Å²) in [6.45, 7) is 9.85. The molecule has 1 aromatic carbocycles. The maximum absolute atomic E-state index is 10.3. The molecule has 0 aliphatic carbocycles. The molecule has 0 radical (unpaired) electrons. The van der Waals surface area contributed by atoms with Crippen LogP contribution in [0.2, 0.25) is 0 Å². The van der Waals surface area contributed by atoms with Gasteiger partial charge in [-0.15, -0.1) is 0 Å². The van der Waals surface area contributed by atoms with E-state index >= 15 is 0 Å². The first-order valence-corrected chi connectivity index (χ1v) is 5.55. The maximum atomic E-state index is 10.3. The lowest BCUT2D eigenvalue weighted by Gasteiger charge is -2.06. The SMILES string of the molecule is C=C(C)CC=Cc1ccc(N=C=O)c(C)c1C. The molecule has 1 aromatic rings. The van der Waals surface area contributed by atoms with Crippen molar-refractivity contribution in [3.63, 3.8) is 0 Å². The molecule has 17 heavy (non-hydrogen) atoms. The van der Waals surface area contributed by atoms with Crippen LogP contribution in [0.3, 0.4) is 0 Å². The van der Waals surface area contributed by atoms with Crippen LogP contribution in [0.4, 0.5) is 5.69 Å². The van der Waals surface area contributed by atoms with Gasteiger partial charge in [0.1, 0.15) is 0 Å². The molecule has 88 valence electrons. The van der Waals surface area contributed by atoms with Crippen LogP contribution in [0, 0.1) is 13.8 Å². The summed E-state index contributed by atoms with van der Waals surface area (Å²) in [5.41, 5.74) is 5.13. The van der Waals surface area contributed by atoms with Crippen molar-refractivity contribution >= 4 is 17.8 Å². The molecule has 0 saturated carbocycles. The van der Waals surface area contributed by atoms with Gasteiger partial charge in [0.05, 0.1) is 5.69 Å². The lowest BCUT2D eigenvalue weighted by atomic mass is 10.0. The highest BCUT2D eigenvalue weighted by Crippen LogP contribution is 2.25. The summed E-state index contributed by atoms with van der Waals surface area (Å²) >= 11 is 0. The zero-order valence-electron chi connectivity index (χ0n) is 10.6. The first kappa shape index (κ1) is 13.1. The van der Waals surface area contributed by atoms with Crippen molar-refractivity contribution in [3.8, 4) is 0 Å². The van der Waals surface area contributed by atoms with Crippen molar-refractivity contribution in [1.82, 2.24) is 0 Å². The molecule has 0 saturated heterocycles. The molecule has 2 heteroatoms. The zero-order chi connectivity index (χ0) is 12.8. The molecule has 0 atom stereocenters. The van der Waals surface area contributed by atoms with Crippen LogP contribution in [0.15, 0.2) is 35.4 Å². The minimum absolute atomic E-state index is 0.689. The Hall–Kier alpha value is -1.92. The highest BCUT2D eigenvalue weighted by atomic mass is 16.1. The Balaban J connectivity index is 3.04. The number of benzene rings is 1. The maximum Gasteiger partial charge on any atom is 0.240 e. The minimum atomic E-state index is 0.689. The summed E-state index contributed by atoms with van der Waals surface area (Å²) < 4.78 is 0. The van der Waals surface area contributed by atoms with Crippen molar-refractivity contribution in [2.45, 2.75) is 27.2 Å². The van der Waals surface area contributed by atoms with E-state index in [4.69, 9.17) is 0 Å². The van der Waals surface area contributed by atoms with Crippen molar-refractivity contribution in [2.24, 2.45) is 4.99 Å². The van der Waals surface area contributed by atoms with E-state index in [2.05, 4.69) is 23.7 Å². The molecule has 1 rings (SSSR count). The third-order valence-electron chi connectivity index (χ3n) is 2.73. The molecular formula is C15H17NO. The fraction of sp³-hybridized carbons (Fsp3) is 0.267. The van der Waals surface area contributed by atoms with Crippen molar-refractivity contribution in [2.75, 3.05) is 0 Å². The van der Waals surface area contributed by atoms with Gasteiger partial charge in [0, 0.05) is 0 Å². The van der Waals surface area contributed by atoms with Crippen LogP contribution in [-0.4, -0.2) is 6.08 Å². The number of nitrogens with zero attached hydrogens (tertiary/aromatic N) is 1. The monoisotopic (exact) mass is 227 g/mol. The lowest BCUT2D eigenvalue weighted by Crippen LogP contribution is -1.86. The van der Waals surface area contributed by atoms with E-state index in [0.717, 1.165) is 28.7 Å². The fourth-order valence-electron chi connectivity index (χ4n) is 1.57. The summed E-state index contributed by atoms with van der Waals surface area (Å²) in [6, 6.07) is 3.81. The first-order chi connectivity index (χ1) is 8.06. The lowest BCUT2D eigenvalue weighted by molar-refractivity contribution is 0.565. The Labute approximate surface area is 102 Å². The third-order valence-corrected chi connectivity index (χ3v) is 2.73. The molecule has 0 N–H and O–H groups in total. The molecule has 0 fully saturated rings. The van der Waals surface area contributed by atoms with Crippen LogP contribution in [0.5, 0.6) is 0 Å². The van der Waals surface area contributed by atoms with Crippen LogP contribution in [-0.2, 0) is 4.79 Å². The van der Waals surface area contributed by atoms with Gasteiger partial charge in [0.15, 0.2) is 0 Å². The van der Waals surface area contributed by atoms with Crippen LogP contribution < -0.4 is 0 Å². The largest absolute Gasteiger partial charge is 0.240 e. The summed E-state index contributed by atoms with van der Waals surface area (Å²) in [7, 11) is 0. The standard InChI is InChI=1S/C15H17NO/c1-11(2)6-5-7-14-8-9-15(16-10-17)13(4)12(14)3/h5,7-9H,1,6H2,2-4H3. The van der Waals surface area contributed by atoms with Gasteiger partial charge in [-0.2, -0.15) is 4.99 Å². The van der Waals surface area contributed by atoms with Gasteiger partial charge in [-0.3, -0.25) is 0 Å². The Bertz CT molecular complexity index is 506. The van der Waals surface area contributed by atoms with E-state index in [1.165, 1.54) is 0 Å². The molecule has 0 heterocycles. The molecule has 0 aliphatic heterocycles. The van der Waals surface area contributed by atoms with Crippen molar-refractivity contribution in [3.05, 3.63) is 47.1 Å². The molecule has 2 nitrogen and oxygen atoms in total. The highest BCUT2D eigenvalue weighted by Gasteiger charge is 2.03. The smallest absolute Gasteiger partial charge is 0.211 e. The topological polar surface area (TPSA) is 29.4 Å². The Morgan fingerprint density at radius 3 is 2.71 bits per heavy atom. The average molecular weight is 227 g/mol. The summed E-state index contributed by atoms with van der Waals surface area (Å²) in [6.07, 6.45) is 6.62. The number of hydrogen-bond acceptors (Lipinski definition) is 2. The number of rotatable bonds is 4. The molecule has 0 aliphatic rings. The molecule has 0 aromatic heterocycles. The molecule has 0 unspecified atom stereocenters. The second-order valence-corrected chi connectivity index (χ2v) is 4.19. The van der Waals surface area contributed by atoms with E-state index < -0.39 is 0 Å². The summed E-state index contributed by atoms with van der Waals surface area (Å²) in [5, 5.41) is 0. The Morgan fingerprint density at radius 2 is 2.12 bits per heavy atom. The van der Waals surface area contributed by atoms with Gasteiger partial charge < -0.3 is 0 Å². The first-order valence-electron chi connectivity index (χ1n) is 5.55. The summed E-state index contributed by atoms with van der Waals surface area (Å²) in [4.78, 5) is 13.9. The van der Waals surface area contributed by atoms with E-state index in [-0.39, 0.29) is 0 Å². The van der Waals surface area contributed by atoms with Gasteiger partial charge in [-0.05, 0) is 49.9 Å². The highest BCUT2D eigenvalue weighted by molar-refractivity contribution is 5.64. The van der Waals surface area contributed by atoms with Gasteiger partial charge in [-0.25, -0.2) is 4.79 Å². The molecule has 0 spiro atoms. The second kappa shape index (κ2) is 5.97. The quantitative estimate of drug-likeness (QED) is 0.429. The number of aliphatic imine (C=N–C) groups is 1. The second-order valence-electron chi connectivity index (χ2n) is 4.19.